The molecular weight excluding hydrogens is 228 g/mol. The SMILES string of the molecule is Cc1ccc(OC(=O)Oc2ccccc2)cc1C. The van der Waals surface area contributed by atoms with Crippen LogP contribution in [0.4, 0.5) is 4.79 Å². The Morgan fingerprint density at radius 1 is 0.833 bits per heavy atom. The number of ether oxygens (including phenoxy) is 2. The van der Waals surface area contributed by atoms with E-state index in [2.05, 4.69) is 0 Å². The molecule has 0 aromatic heterocycles. The second-order valence-corrected chi connectivity index (χ2v) is 4.01. The number of hydrogen-bond donors (Lipinski definition) is 0. The summed E-state index contributed by atoms with van der Waals surface area (Å²) >= 11 is 0. The molecule has 0 unspecified atom stereocenters. The predicted octanol–water partition coefficient (Wildman–Crippen LogP) is 3.88. The lowest BCUT2D eigenvalue weighted by molar-refractivity contribution is 0.152. The summed E-state index contributed by atoms with van der Waals surface area (Å²) in [5, 5.41) is 0. The van der Waals surface area contributed by atoms with Crippen LogP contribution in [-0.4, -0.2) is 6.16 Å². The van der Waals surface area contributed by atoms with E-state index in [-0.39, 0.29) is 0 Å². The van der Waals surface area contributed by atoms with Gasteiger partial charge < -0.3 is 9.47 Å². The third-order valence-electron chi connectivity index (χ3n) is 2.62. The second-order valence-electron chi connectivity index (χ2n) is 4.01. The molecule has 18 heavy (non-hydrogen) atoms. The van der Waals surface area contributed by atoms with Crippen molar-refractivity contribution in [1.29, 1.82) is 0 Å². The van der Waals surface area contributed by atoms with Gasteiger partial charge in [0.05, 0.1) is 0 Å². The Labute approximate surface area is 106 Å². The first kappa shape index (κ1) is 12.2. The van der Waals surface area contributed by atoms with E-state index in [1.165, 1.54) is 0 Å². The third kappa shape index (κ3) is 3.10. The molecule has 3 heteroatoms. The van der Waals surface area contributed by atoms with Gasteiger partial charge in [-0.1, -0.05) is 24.3 Å². The lowest BCUT2D eigenvalue weighted by Crippen LogP contribution is -2.13. The smallest absolute Gasteiger partial charge is 0.395 e. The fourth-order valence-corrected chi connectivity index (χ4v) is 1.48. The van der Waals surface area contributed by atoms with Gasteiger partial charge in [0.25, 0.3) is 0 Å². The topological polar surface area (TPSA) is 35.5 Å². The van der Waals surface area contributed by atoms with Crippen molar-refractivity contribution in [1.82, 2.24) is 0 Å². The van der Waals surface area contributed by atoms with E-state index in [1.54, 1.807) is 30.3 Å². The predicted molar refractivity (Wildman–Crippen MR) is 69.0 cm³/mol. The van der Waals surface area contributed by atoms with Crippen LogP contribution in [0.15, 0.2) is 48.5 Å². The molecule has 0 atom stereocenters. The Balaban J connectivity index is 2.01. The van der Waals surface area contributed by atoms with E-state index in [9.17, 15) is 4.79 Å². The summed E-state index contributed by atoms with van der Waals surface area (Å²) < 4.78 is 10.1. The largest absolute Gasteiger partial charge is 0.519 e. The van der Waals surface area contributed by atoms with Gasteiger partial charge in [0.1, 0.15) is 11.5 Å². The average Bonchev–Trinajstić information content (AvgIpc) is 2.35. The quantitative estimate of drug-likeness (QED) is 0.592. The number of hydrogen-bond acceptors (Lipinski definition) is 3. The lowest BCUT2D eigenvalue weighted by Gasteiger charge is -2.07. The Kier molecular flexibility index (Phi) is 3.63. The van der Waals surface area contributed by atoms with Crippen molar-refractivity contribution in [2.24, 2.45) is 0 Å². The van der Waals surface area contributed by atoms with Crippen LogP contribution in [-0.2, 0) is 0 Å². The van der Waals surface area contributed by atoms with Crippen LogP contribution in [0.1, 0.15) is 11.1 Å². The minimum absolute atomic E-state index is 0.464. The lowest BCUT2D eigenvalue weighted by atomic mass is 10.1. The summed E-state index contributed by atoms with van der Waals surface area (Å²) in [6, 6.07) is 14.3. The zero-order valence-electron chi connectivity index (χ0n) is 10.3. The second kappa shape index (κ2) is 5.36. The molecule has 0 aliphatic carbocycles. The van der Waals surface area contributed by atoms with Gasteiger partial charge in [-0.2, -0.15) is 0 Å². The van der Waals surface area contributed by atoms with Gasteiger partial charge in [-0.25, -0.2) is 4.79 Å². The van der Waals surface area contributed by atoms with Crippen molar-refractivity contribution >= 4 is 6.16 Å². The molecule has 0 saturated heterocycles. The van der Waals surface area contributed by atoms with E-state index in [0.29, 0.717) is 11.5 Å². The normalized spacial score (nSPS) is 9.89. The van der Waals surface area contributed by atoms with Crippen molar-refractivity contribution in [3.8, 4) is 11.5 Å². The standard InChI is InChI=1S/C15H14O3/c1-11-8-9-14(10-12(11)2)18-15(16)17-13-6-4-3-5-7-13/h3-10H,1-2H3. The number of benzene rings is 2. The van der Waals surface area contributed by atoms with Crippen LogP contribution in [0.2, 0.25) is 0 Å². The first-order chi connectivity index (χ1) is 8.65. The van der Waals surface area contributed by atoms with Crippen LogP contribution < -0.4 is 9.47 Å². The number of aryl methyl sites for hydroxylation is 2. The Bertz CT molecular complexity index is 547. The summed E-state index contributed by atoms with van der Waals surface area (Å²) in [5.74, 6) is 0.949. The van der Waals surface area contributed by atoms with Gasteiger partial charge in [-0.15, -0.1) is 0 Å². The molecule has 0 saturated carbocycles. The van der Waals surface area contributed by atoms with Crippen molar-refractivity contribution in [3.63, 3.8) is 0 Å². The highest BCUT2D eigenvalue weighted by Gasteiger charge is 2.07. The highest BCUT2D eigenvalue weighted by molar-refractivity contribution is 5.67. The van der Waals surface area contributed by atoms with E-state index >= 15 is 0 Å². The maximum absolute atomic E-state index is 11.5. The summed E-state index contributed by atoms with van der Waals surface area (Å²) in [6.45, 7) is 3.96. The number of carbonyl (C=O) groups excluding carboxylic acids is 1. The molecule has 2 aromatic rings. The van der Waals surface area contributed by atoms with Crippen LogP contribution in [0.5, 0.6) is 11.5 Å². The monoisotopic (exact) mass is 242 g/mol. The molecule has 2 aromatic carbocycles. The molecule has 92 valence electrons. The number of rotatable bonds is 2. The average molecular weight is 242 g/mol. The van der Waals surface area contributed by atoms with E-state index < -0.39 is 6.16 Å². The van der Waals surface area contributed by atoms with Crippen LogP contribution in [0.3, 0.4) is 0 Å². The third-order valence-corrected chi connectivity index (χ3v) is 2.62. The molecule has 0 bridgehead atoms. The van der Waals surface area contributed by atoms with Crippen molar-refractivity contribution in [2.45, 2.75) is 13.8 Å². The molecule has 0 aliphatic rings. The molecule has 0 amide bonds. The number of para-hydroxylation sites is 1. The van der Waals surface area contributed by atoms with Gasteiger partial charge in [-0.05, 0) is 49.2 Å². The van der Waals surface area contributed by atoms with Crippen molar-refractivity contribution in [2.75, 3.05) is 0 Å². The fraction of sp³-hybridized carbons (Fsp3) is 0.133. The van der Waals surface area contributed by atoms with Crippen molar-refractivity contribution < 1.29 is 14.3 Å². The molecule has 0 spiro atoms. The molecular formula is C15H14O3. The maximum Gasteiger partial charge on any atom is 0.519 e. The molecule has 0 radical (unpaired) electrons. The first-order valence-corrected chi connectivity index (χ1v) is 5.67. The van der Waals surface area contributed by atoms with Crippen molar-refractivity contribution in [3.05, 3.63) is 59.7 Å². The maximum atomic E-state index is 11.5. The van der Waals surface area contributed by atoms with E-state index in [4.69, 9.17) is 9.47 Å². The van der Waals surface area contributed by atoms with Gasteiger partial charge >= 0.3 is 6.16 Å². The van der Waals surface area contributed by atoms with E-state index in [1.807, 2.05) is 32.0 Å². The summed E-state index contributed by atoms with van der Waals surface area (Å²) in [6.07, 6.45) is -0.732. The fourth-order valence-electron chi connectivity index (χ4n) is 1.48. The summed E-state index contributed by atoms with van der Waals surface area (Å²) in [7, 11) is 0. The number of carbonyl (C=O) groups is 1. The molecule has 0 heterocycles. The Morgan fingerprint density at radius 3 is 2.17 bits per heavy atom. The Morgan fingerprint density at radius 2 is 1.50 bits per heavy atom. The van der Waals surface area contributed by atoms with Crippen LogP contribution in [0.25, 0.3) is 0 Å². The Hall–Kier alpha value is -2.29. The molecule has 3 nitrogen and oxygen atoms in total. The first-order valence-electron chi connectivity index (χ1n) is 5.67. The zero-order chi connectivity index (χ0) is 13.0. The zero-order valence-corrected chi connectivity index (χ0v) is 10.3. The van der Waals surface area contributed by atoms with Crippen LogP contribution in [0, 0.1) is 13.8 Å². The van der Waals surface area contributed by atoms with Gasteiger partial charge in [0.2, 0.25) is 0 Å². The summed E-state index contributed by atoms with van der Waals surface area (Å²) in [5.41, 5.74) is 2.22. The van der Waals surface area contributed by atoms with E-state index in [0.717, 1.165) is 11.1 Å². The van der Waals surface area contributed by atoms with Crippen LogP contribution >= 0.6 is 0 Å². The summed E-state index contributed by atoms with van der Waals surface area (Å²) in [4.78, 5) is 11.5. The van der Waals surface area contributed by atoms with Gasteiger partial charge in [-0.3, -0.25) is 0 Å². The minimum Gasteiger partial charge on any atom is -0.395 e. The van der Waals surface area contributed by atoms with Gasteiger partial charge in [0.15, 0.2) is 0 Å². The highest BCUT2D eigenvalue weighted by Crippen LogP contribution is 2.17. The minimum atomic E-state index is -0.732. The highest BCUT2D eigenvalue weighted by atomic mass is 16.7. The molecule has 0 fully saturated rings. The molecule has 0 aliphatic heterocycles. The molecule has 2 rings (SSSR count). The van der Waals surface area contributed by atoms with Gasteiger partial charge in [0, 0.05) is 0 Å². The molecule has 0 N–H and O–H groups in total.